The Morgan fingerprint density at radius 2 is 1.45 bits per heavy atom. The number of hydrogen-bond donors (Lipinski definition) is 1. The van der Waals surface area contributed by atoms with Crippen LogP contribution in [-0.4, -0.2) is 6.54 Å². The Labute approximate surface area is 133 Å². The largest absolute Gasteiger partial charge is 0.306 e. The Hall–Kier alpha value is -1.86. The molecule has 4 rings (SSSR count). The molecule has 0 unspecified atom stereocenters. The van der Waals surface area contributed by atoms with Gasteiger partial charge in [0.15, 0.2) is 0 Å². The van der Waals surface area contributed by atoms with Crippen LogP contribution in [0.25, 0.3) is 0 Å². The molecule has 1 N–H and O–H groups in total. The van der Waals surface area contributed by atoms with Crippen LogP contribution in [0.5, 0.6) is 0 Å². The highest BCUT2D eigenvalue weighted by Gasteiger charge is 2.35. The van der Waals surface area contributed by atoms with Crippen molar-refractivity contribution in [1.82, 2.24) is 5.32 Å². The zero-order valence-corrected chi connectivity index (χ0v) is 12.9. The molecule has 1 fully saturated rings. The fourth-order valence-electron chi connectivity index (χ4n) is 4.12. The van der Waals surface area contributed by atoms with Crippen molar-refractivity contribution in [2.45, 2.75) is 18.9 Å². The molecule has 2 aliphatic rings. The fraction of sp³-hybridized carbons (Fsp3) is 0.333. The number of nitrogens with one attached hydrogen (secondary N) is 1. The molecule has 0 saturated heterocycles. The minimum Gasteiger partial charge on any atom is -0.306 e. The lowest BCUT2D eigenvalue weighted by molar-refractivity contribution is 0.400. The molecule has 3 atom stereocenters. The highest BCUT2D eigenvalue weighted by molar-refractivity contribution is 5.31. The second-order valence-electron chi connectivity index (χ2n) is 6.70. The van der Waals surface area contributed by atoms with Gasteiger partial charge >= 0.3 is 0 Å². The summed E-state index contributed by atoms with van der Waals surface area (Å²) < 4.78 is 0. The van der Waals surface area contributed by atoms with Crippen LogP contribution in [0.4, 0.5) is 0 Å². The SMILES string of the molecule is C1=C[C@H]2C[C@@H]1C[C@@H]2CNC(c1ccccc1)c1ccccc1. The maximum atomic E-state index is 3.85. The minimum atomic E-state index is 0.297. The van der Waals surface area contributed by atoms with Gasteiger partial charge in [0.1, 0.15) is 0 Å². The van der Waals surface area contributed by atoms with Gasteiger partial charge in [-0.2, -0.15) is 0 Å². The first-order chi connectivity index (χ1) is 10.9. The van der Waals surface area contributed by atoms with Crippen molar-refractivity contribution in [3.05, 3.63) is 83.9 Å². The lowest BCUT2D eigenvalue weighted by Gasteiger charge is -2.25. The molecule has 112 valence electrons. The molecule has 1 nitrogen and oxygen atoms in total. The van der Waals surface area contributed by atoms with E-state index in [0.717, 1.165) is 24.3 Å². The Kier molecular flexibility index (Phi) is 3.82. The van der Waals surface area contributed by atoms with Gasteiger partial charge in [-0.15, -0.1) is 0 Å². The normalized spacial score (nSPS) is 26.0. The summed E-state index contributed by atoms with van der Waals surface area (Å²) in [6, 6.07) is 21.9. The lowest BCUT2D eigenvalue weighted by atomic mass is 9.92. The van der Waals surface area contributed by atoms with Crippen molar-refractivity contribution in [2.24, 2.45) is 17.8 Å². The molecule has 0 aromatic heterocycles. The molecule has 2 aliphatic carbocycles. The second-order valence-corrected chi connectivity index (χ2v) is 6.70. The van der Waals surface area contributed by atoms with Gasteiger partial charge in [0.2, 0.25) is 0 Å². The molecule has 22 heavy (non-hydrogen) atoms. The third-order valence-electron chi connectivity index (χ3n) is 5.27. The Morgan fingerprint density at radius 1 is 0.818 bits per heavy atom. The van der Waals surface area contributed by atoms with E-state index in [1.165, 1.54) is 24.0 Å². The number of rotatable bonds is 5. The molecule has 0 aliphatic heterocycles. The minimum absolute atomic E-state index is 0.297. The van der Waals surface area contributed by atoms with Crippen LogP contribution in [0, 0.1) is 17.8 Å². The van der Waals surface area contributed by atoms with Gasteiger partial charge in [0, 0.05) is 0 Å². The molecule has 1 saturated carbocycles. The molecule has 2 aromatic rings. The molecular weight excluding hydrogens is 266 g/mol. The van der Waals surface area contributed by atoms with Crippen molar-refractivity contribution in [3.8, 4) is 0 Å². The number of hydrogen-bond acceptors (Lipinski definition) is 1. The lowest BCUT2D eigenvalue weighted by Crippen LogP contribution is -2.30. The van der Waals surface area contributed by atoms with E-state index in [1.807, 2.05) is 0 Å². The maximum Gasteiger partial charge on any atom is 0.0576 e. The van der Waals surface area contributed by atoms with Crippen molar-refractivity contribution >= 4 is 0 Å². The van der Waals surface area contributed by atoms with Crippen LogP contribution in [0.15, 0.2) is 72.8 Å². The quantitative estimate of drug-likeness (QED) is 0.795. The average molecular weight is 289 g/mol. The standard InChI is InChI=1S/C21H23N/c1-3-7-17(8-4-1)21(18-9-5-2-6-10-18)22-15-20-14-16-11-12-19(20)13-16/h1-12,16,19-22H,13-15H2/t16-,19+,20-/m1/s1. The molecule has 0 heterocycles. The van der Waals surface area contributed by atoms with Gasteiger partial charge in [0.25, 0.3) is 0 Å². The summed E-state index contributed by atoms with van der Waals surface area (Å²) in [6.45, 7) is 1.11. The van der Waals surface area contributed by atoms with Gasteiger partial charge in [0.05, 0.1) is 6.04 Å². The van der Waals surface area contributed by atoms with Crippen molar-refractivity contribution in [1.29, 1.82) is 0 Å². The Bertz CT molecular complexity index is 592. The smallest absolute Gasteiger partial charge is 0.0576 e. The first-order valence-corrected chi connectivity index (χ1v) is 8.42. The van der Waals surface area contributed by atoms with E-state index in [2.05, 4.69) is 78.1 Å². The predicted octanol–water partition coefficient (Wildman–Crippen LogP) is 4.58. The van der Waals surface area contributed by atoms with E-state index in [9.17, 15) is 0 Å². The Morgan fingerprint density at radius 3 is 1.95 bits per heavy atom. The Balaban J connectivity index is 1.52. The zero-order chi connectivity index (χ0) is 14.8. The van der Waals surface area contributed by atoms with Crippen LogP contribution < -0.4 is 5.32 Å². The van der Waals surface area contributed by atoms with Gasteiger partial charge < -0.3 is 5.32 Å². The van der Waals surface area contributed by atoms with E-state index in [-0.39, 0.29) is 0 Å². The molecule has 1 heteroatoms. The van der Waals surface area contributed by atoms with Gasteiger partial charge in [-0.3, -0.25) is 0 Å². The van der Waals surface area contributed by atoms with Gasteiger partial charge in [-0.1, -0.05) is 72.8 Å². The predicted molar refractivity (Wildman–Crippen MR) is 91.6 cm³/mol. The van der Waals surface area contributed by atoms with E-state index in [4.69, 9.17) is 0 Å². The van der Waals surface area contributed by atoms with Gasteiger partial charge in [-0.05, 0) is 48.3 Å². The van der Waals surface area contributed by atoms with Crippen molar-refractivity contribution < 1.29 is 0 Å². The van der Waals surface area contributed by atoms with E-state index in [1.54, 1.807) is 0 Å². The van der Waals surface area contributed by atoms with Gasteiger partial charge in [-0.25, -0.2) is 0 Å². The average Bonchev–Trinajstić information content (AvgIpc) is 3.20. The van der Waals surface area contributed by atoms with E-state index >= 15 is 0 Å². The number of allylic oxidation sites excluding steroid dienone is 2. The molecule has 0 radical (unpaired) electrons. The first kappa shape index (κ1) is 13.8. The van der Waals surface area contributed by atoms with Crippen LogP contribution in [0.1, 0.15) is 30.0 Å². The van der Waals surface area contributed by atoms with E-state index < -0.39 is 0 Å². The van der Waals surface area contributed by atoms with Crippen LogP contribution >= 0.6 is 0 Å². The summed E-state index contributed by atoms with van der Waals surface area (Å²) in [5.41, 5.74) is 2.71. The molecule has 2 aromatic carbocycles. The summed E-state index contributed by atoms with van der Waals surface area (Å²) in [5.74, 6) is 2.47. The molecular formula is C21H23N. The molecule has 0 amide bonds. The summed E-state index contributed by atoms with van der Waals surface area (Å²) in [7, 11) is 0. The third-order valence-corrected chi connectivity index (χ3v) is 5.27. The highest BCUT2D eigenvalue weighted by Crippen LogP contribution is 2.43. The third kappa shape index (κ3) is 2.74. The molecule has 2 bridgehead atoms. The fourth-order valence-corrected chi connectivity index (χ4v) is 4.12. The summed E-state index contributed by atoms with van der Waals surface area (Å²) in [6.07, 6.45) is 7.62. The molecule has 0 spiro atoms. The van der Waals surface area contributed by atoms with Crippen LogP contribution in [0.3, 0.4) is 0 Å². The first-order valence-electron chi connectivity index (χ1n) is 8.42. The van der Waals surface area contributed by atoms with Crippen LogP contribution in [-0.2, 0) is 0 Å². The summed E-state index contributed by atoms with van der Waals surface area (Å²) in [4.78, 5) is 0. The summed E-state index contributed by atoms with van der Waals surface area (Å²) in [5, 5.41) is 3.85. The topological polar surface area (TPSA) is 12.0 Å². The highest BCUT2D eigenvalue weighted by atomic mass is 14.9. The van der Waals surface area contributed by atoms with Crippen molar-refractivity contribution in [3.63, 3.8) is 0 Å². The van der Waals surface area contributed by atoms with Crippen LogP contribution in [0.2, 0.25) is 0 Å². The maximum absolute atomic E-state index is 3.85. The summed E-state index contributed by atoms with van der Waals surface area (Å²) >= 11 is 0. The number of fused-ring (bicyclic) bond motifs is 2. The zero-order valence-electron chi connectivity index (χ0n) is 12.9. The number of benzene rings is 2. The van der Waals surface area contributed by atoms with E-state index in [0.29, 0.717) is 6.04 Å². The monoisotopic (exact) mass is 289 g/mol. The second kappa shape index (κ2) is 6.10. The van der Waals surface area contributed by atoms with Crippen molar-refractivity contribution in [2.75, 3.05) is 6.54 Å².